The minimum Gasteiger partial charge on any atom is -0.409 e. The lowest BCUT2D eigenvalue weighted by molar-refractivity contribution is 0.304. The first-order chi connectivity index (χ1) is 7.40. The molecule has 0 aromatic heterocycles. The SMILES string of the molecule is C=C(Cl)CNCCCCC(C)(C)C(N)=NO. The van der Waals surface area contributed by atoms with Crippen LogP contribution < -0.4 is 11.1 Å². The molecule has 0 aliphatic rings. The van der Waals surface area contributed by atoms with Gasteiger partial charge in [0.2, 0.25) is 0 Å². The summed E-state index contributed by atoms with van der Waals surface area (Å²) in [4.78, 5) is 0. The molecule has 0 aromatic rings. The quantitative estimate of drug-likeness (QED) is 0.203. The summed E-state index contributed by atoms with van der Waals surface area (Å²) in [6, 6.07) is 0. The summed E-state index contributed by atoms with van der Waals surface area (Å²) in [6.45, 7) is 9.07. The molecule has 0 aromatic carbocycles. The smallest absolute Gasteiger partial charge is 0.144 e. The Labute approximate surface area is 103 Å². The molecule has 4 nitrogen and oxygen atoms in total. The van der Waals surface area contributed by atoms with Gasteiger partial charge in [0, 0.05) is 17.0 Å². The molecule has 0 saturated heterocycles. The average Bonchev–Trinajstić information content (AvgIpc) is 2.21. The molecule has 0 spiro atoms. The molecule has 0 aliphatic carbocycles. The van der Waals surface area contributed by atoms with Gasteiger partial charge in [-0.3, -0.25) is 0 Å². The summed E-state index contributed by atoms with van der Waals surface area (Å²) in [5, 5.41) is 15.4. The van der Waals surface area contributed by atoms with Crippen molar-refractivity contribution in [3.8, 4) is 0 Å². The lowest BCUT2D eigenvalue weighted by Gasteiger charge is -2.22. The van der Waals surface area contributed by atoms with Gasteiger partial charge < -0.3 is 16.3 Å². The number of rotatable bonds is 8. The van der Waals surface area contributed by atoms with E-state index in [0.29, 0.717) is 11.6 Å². The molecule has 0 amide bonds. The van der Waals surface area contributed by atoms with Gasteiger partial charge >= 0.3 is 0 Å². The van der Waals surface area contributed by atoms with Crippen LogP contribution in [0.4, 0.5) is 0 Å². The number of halogens is 1. The van der Waals surface area contributed by atoms with Crippen molar-refractivity contribution in [1.29, 1.82) is 0 Å². The highest BCUT2D eigenvalue weighted by molar-refractivity contribution is 6.29. The Morgan fingerprint density at radius 2 is 2.12 bits per heavy atom. The predicted molar refractivity (Wildman–Crippen MR) is 68.9 cm³/mol. The lowest BCUT2D eigenvalue weighted by atomic mass is 9.86. The van der Waals surface area contributed by atoms with Crippen LogP contribution in [0.5, 0.6) is 0 Å². The summed E-state index contributed by atoms with van der Waals surface area (Å²) < 4.78 is 0. The fourth-order valence-corrected chi connectivity index (χ4v) is 1.40. The molecule has 0 fully saturated rings. The molecule has 0 heterocycles. The first kappa shape index (κ1) is 15.3. The lowest BCUT2D eigenvalue weighted by Crippen LogP contribution is -2.32. The van der Waals surface area contributed by atoms with Crippen molar-refractivity contribution in [2.24, 2.45) is 16.3 Å². The van der Waals surface area contributed by atoms with E-state index in [1.807, 2.05) is 13.8 Å². The molecule has 0 bridgehead atoms. The van der Waals surface area contributed by atoms with E-state index in [-0.39, 0.29) is 11.3 Å². The van der Waals surface area contributed by atoms with E-state index in [1.54, 1.807) is 0 Å². The van der Waals surface area contributed by atoms with Crippen molar-refractivity contribution in [2.45, 2.75) is 33.1 Å². The number of hydrogen-bond donors (Lipinski definition) is 3. The van der Waals surface area contributed by atoms with Gasteiger partial charge in [0.1, 0.15) is 5.84 Å². The second-order valence-corrected chi connectivity index (χ2v) is 5.05. The maximum atomic E-state index is 8.60. The third-order valence-corrected chi connectivity index (χ3v) is 2.66. The first-order valence-corrected chi connectivity index (χ1v) is 5.80. The van der Waals surface area contributed by atoms with E-state index in [2.05, 4.69) is 17.1 Å². The highest BCUT2D eigenvalue weighted by Crippen LogP contribution is 2.22. The van der Waals surface area contributed by atoms with Crippen LogP contribution in [-0.2, 0) is 0 Å². The summed E-state index contributed by atoms with van der Waals surface area (Å²) in [5.74, 6) is 0.287. The van der Waals surface area contributed by atoms with E-state index in [9.17, 15) is 0 Å². The number of oxime groups is 1. The van der Waals surface area contributed by atoms with Crippen molar-refractivity contribution in [1.82, 2.24) is 5.32 Å². The Morgan fingerprint density at radius 1 is 1.50 bits per heavy atom. The van der Waals surface area contributed by atoms with Crippen LogP contribution in [0.15, 0.2) is 16.8 Å². The van der Waals surface area contributed by atoms with Gasteiger partial charge in [-0.2, -0.15) is 0 Å². The monoisotopic (exact) mass is 247 g/mol. The maximum absolute atomic E-state index is 8.60. The van der Waals surface area contributed by atoms with E-state index in [1.165, 1.54) is 0 Å². The van der Waals surface area contributed by atoms with Crippen LogP contribution in [0.3, 0.4) is 0 Å². The number of unbranched alkanes of at least 4 members (excludes halogenated alkanes) is 1. The second-order valence-electron chi connectivity index (χ2n) is 4.52. The number of amidine groups is 1. The van der Waals surface area contributed by atoms with Gasteiger partial charge in [-0.05, 0) is 19.4 Å². The molecule has 0 rings (SSSR count). The Morgan fingerprint density at radius 3 is 2.62 bits per heavy atom. The van der Waals surface area contributed by atoms with Crippen LogP contribution in [0.25, 0.3) is 0 Å². The molecule has 16 heavy (non-hydrogen) atoms. The zero-order valence-electron chi connectivity index (χ0n) is 10.1. The van der Waals surface area contributed by atoms with Gasteiger partial charge in [0.05, 0.1) is 0 Å². The molecular formula is C11H22ClN3O. The fraction of sp³-hybridized carbons (Fsp3) is 0.727. The normalized spacial score (nSPS) is 12.8. The van der Waals surface area contributed by atoms with E-state index >= 15 is 0 Å². The van der Waals surface area contributed by atoms with Crippen molar-refractivity contribution in [2.75, 3.05) is 13.1 Å². The van der Waals surface area contributed by atoms with E-state index in [0.717, 1.165) is 25.8 Å². The summed E-state index contributed by atoms with van der Waals surface area (Å²) in [6.07, 6.45) is 2.95. The van der Waals surface area contributed by atoms with Gasteiger partial charge in [0.25, 0.3) is 0 Å². The largest absolute Gasteiger partial charge is 0.409 e. The first-order valence-electron chi connectivity index (χ1n) is 5.42. The molecule has 4 N–H and O–H groups in total. The third-order valence-electron chi connectivity index (χ3n) is 2.52. The minimum atomic E-state index is -0.245. The van der Waals surface area contributed by atoms with Gasteiger partial charge in [0.15, 0.2) is 0 Å². The zero-order chi connectivity index (χ0) is 12.6. The van der Waals surface area contributed by atoms with Crippen LogP contribution in [0.1, 0.15) is 33.1 Å². The number of nitrogens with one attached hydrogen (secondary N) is 1. The predicted octanol–water partition coefficient (Wildman–Crippen LogP) is 2.27. The summed E-state index contributed by atoms with van der Waals surface area (Å²) >= 11 is 5.61. The van der Waals surface area contributed by atoms with E-state index < -0.39 is 0 Å². The van der Waals surface area contributed by atoms with Crippen molar-refractivity contribution < 1.29 is 5.21 Å². The third kappa shape index (κ3) is 6.69. The minimum absolute atomic E-state index is 0.245. The molecule has 0 atom stereocenters. The second kappa shape index (κ2) is 7.52. The molecular weight excluding hydrogens is 226 g/mol. The highest BCUT2D eigenvalue weighted by Gasteiger charge is 2.22. The Kier molecular flexibility index (Phi) is 7.17. The molecule has 0 saturated carbocycles. The van der Waals surface area contributed by atoms with Crippen LogP contribution in [0.2, 0.25) is 0 Å². The molecule has 0 unspecified atom stereocenters. The number of nitrogens with zero attached hydrogens (tertiary/aromatic N) is 1. The molecule has 0 aliphatic heterocycles. The topological polar surface area (TPSA) is 70.6 Å². The van der Waals surface area contributed by atoms with Gasteiger partial charge in [-0.25, -0.2) is 0 Å². The van der Waals surface area contributed by atoms with Gasteiger partial charge in [-0.1, -0.05) is 43.6 Å². The fourth-order valence-electron chi connectivity index (χ4n) is 1.30. The number of nitrogens with two attached hydrogens (primary N) is 1. The molecule has 5 heteroatoms. The van der Waals surface area contributed by atoms with Gasteiger partial charge in [-0.15, -0.1) is 0 Å². The average molecular weight is 248 g/mol. The van der Waals surface area contributed by atoms with Crippen molar-refractivity contribution in [3.05, 3.63) is 11.6 Å². The summed E-state index contributed by atoms with van der Waals surface area (Å²) in [5.41, 5.74) is 5.34. The van der Waals surface area contributed by atoms with Crippen LogP contribution in [-0.4, -0.2) is 24.1 Å². The highest BCUT2D eigenvalue weighted by atomic mass is 35.5. The maximum Gasteiger partial charge on any atom is 0.144 e. The van der Waals surface area contributed by atoms with Crippen molar-refractivity contribution >= 4 is 17.4 Å². The van der Waals surface area contributed by atoms with E-state index in [4.69, 9.17) is 22.5 Å². The van der Waals surface area contributed by atoms with Crippen LogP contribution >= 0.6 is 11.6 Å². The van der Waals surface area contributed by atoms with Crippen LogP contribution in [0, 0.1) is 5.41 Å². The Bertz CT molecular complexity index is 252. The Balaban J connectivity index is 3.62. The molecule has 0 radical (unpaired) electrons. The standard InChI is InChI=1S/C11H22ClN3O/c1-9(12)8-14-7-5-4-6-11(2,3)10(13)15-16/h14,16H,1,4-8H2,2-3H3,(H2,13,15). The summed E-state index contributed by atoms with van der Waals surface area (Å²) in [7, 11) is 0. The Hall–Kier alpha value is -0.740. The molecule has 94 valence electrons. The number of hydrogen-bond acceptors (Lipinski definition) is 3. The van der Waals surface area contributed by atoms with Crippen molar-refractivity contribution in [3.63, 3.8) is 0 Å². The zero-order valence-corrected chi connectivity index (χ0v) is 10.8.